The Morgan fingerprint density at radius 3 is 2.21 bits per heavy atom. The second-order valence-corrected chi connectivity index (χ2v) is 6.87. The standard InChI is InChI=1S/C22H32N4O3/c1-3-26(16-17-8-4-5-9-22(17)29-2)13-7-12-25-19-15-20(27)18(14-21(19)28)24-11-6-10-23/h4-5,8-9,14-15,24-25H,3,6-7,10-13,16,23H2,1-2H3. The van der Waals surface area contributed by atoms with E-state index < -0.39 is 0 Å². The highest BCUT2D eigenvalue weighted by Crippen LogP contribution is 2.19. The van der Waals surface area contributed by atoms with Crippen LogP contribution in [0.3, 0.4) is 0 Å². The molecule has 0 heterocycles. The minimum absolute atomic E-state index is 0.179. The summed E-state index contributed by atoms with van der Waals surface area (Å²) in [7, 11) is 1.68. The van der Waals surface area contributed by atoms with Gasteiger partial charge in [0.1, 0.15) is 5.75 Å². The van der Waals surface area contributed by atoms with Crippen molar-refractivity contribution < 1.29 is 14.3 Å². The molecule has 1 aliphatic rings. The zero-order valence-corrected chi connectivity index (χ0v) is 17.4. The van der Waals surface area contributed by atoms with Crippen molar-refractivity contribution in [3.8, 4) is 5.75 Å². The number of para-hydroxylation sites is 1. The molecular formula is C22H32N4O3. The van der Waals surface area contributed by atoms with Crippen LogP contribution in [0.25, 0.3) is 0 Å². The van der Waals surface area contributed by atoms with Gasteiger partial charge in [-0.2, -0.15) is 0 Å². The molecule has 0 fully saturated rings. The SMILES string of the molecule is CCN(CCCNC1=CC(=O)C(NCCCN)=CC1=O)Cc1ccccc1OC. The zero-order valence-electron chi connectivity index (χ0n) is 17.4. The van der Waals surface area contributed by atoms with E-state index in [0.717, 1.165) is 43.8 Å². The summed E-state index contributed by atoms with van der Waals surface area (Å²) in [4.78, 5) is 26.7. The van der Waals surface area contributed by atoms with Crippen LogP contribution in [0.1, 0.15) is 25.3 Å². The van der Waals surface area contributed by atoms with Gasteiger partial charge in [0.15, 0.2) is 0 Å². The molecule has 7 heteroatoms. The molecule has 1 aromatic carbocycles. The molecule has 0 unspecified atom stereocenters. The van der Waals surface area contributed by atoms with Crippen LogP contribution >= 0.6 is 0 Å². The first kappa shape index (κ1) is 22.6. The van der Waals surface area contributed by atoms with Crippen LogP contribution in [0.15, 0.2) is 47.8 Å². The molecule has 4 N–H and O–H groups in total. The van der Waals surface area contributed by atoms with E-state index in [4.69, 9.17) is 10.5 Å². The summed E-state index contributed by atoms with van der Waals surface area (Å²) in [5.74, 6) is 0.528. The second-order valence-electron chi connectivity index (χ2n) is 6.87. The molecule has 0 saturated carbocycles. The topological polar surface area (TPSA) is 96.7 Å². The first-order chi connectivity index (χ1) is 14.1. The van der Waals surface area contributed by atoms with E-state index in [-0.39, 0.29) is 11.6 Å². The Labute approximate surface area is 173 Å². The Morgan fingerprint density at radius 2 is 1.62 bits per heavy atom. The van der Waals surface area contributed by atoms with Gasteiger partial charge in [0.05, 0.1) is 18.5 Å². The maximum atomic E-state index is 12.2. The molecule has 0 spiro atoms. The quantitative estimate of drug-likeness (QED) is 0.340. The minimum atomic E-state index is -0.185. The lowest BCUT2D eigenvalue weighted by Gasteiger charge is -2.22. The number of nitrogens with one attached hydrogen (secondary N) is 2. The fraction of sp³-hybridized carbons (Fsp3) is 0.455. The highest BCUT2D eigenvalue weighted by atomic mass is 16.5. The number of carbonyl (C=O) groups excluding carboxylic acids is 2. The number of ether oxygens (including phenoxy) is 1. The molecule has 158 valence electrons. The Hall–Kier alpha value is -2.64. The van der Waals surface area contributed by atoms with Crippen LogP contribution in [0.4, 0.5) is 0 Å². The third kappa shape index (κ3) is 7.03. The molecule has 0 amide bonds. The normalized spacial score (nSPS) is 13.9. The van der Waals surface area contributed by atoms with Crippen molar-refractivity contribution in [2.24, 2.45) is 5.73 Å². The summed E-state index contributed by atoms with van der Waals surface area (Å²) in [6, 6.07) is 8.02. The molecule has 1 aromatic rings. The number of rotatable bonds is 13. The van der Waals surface area contributed by atoms with Crippen molar-refractivity contribution in [3.05, 3.63) is 53.4 Å². The lowest BCUT2D eigenvalue weighted by Crippen LogP contribution is -2.32. The number of nitrogens with zero attached hydrogens (tertiary/aromatic N) is 1. The van der Waals surface area contributed by atoms with Crippen molar-refractivity contribution in [1.82, 2.24) is 15.5 Å². The number of carbonyl (C=O) groups is 2. The number of benzene rings is 1. The molecule has 7 nitrogen and oxygen atoms in total. The smallest absolute Gasteiger partial charge is 0.203 e. The number of allylic oxidation sites excluding steroid dienone is 2. The Balaban J connectivity index is 1.78. The van der Waals surface area contributed by atoms with Gasteiger partial charge in [-0.1, -0.05) is 25.1 Å². The fourth-order valence-corrected chi connectivity index (χ4v) is 3.11. The molecule has 0 aromatic heterocycles. The Bertz CT molecular complexity index is 758. The second kappa shape index (κ2) is 12.0. The third-order valence-corrected chi connectivity index (χ3v) is 4.78. The zero-order chi connectivity index (χ0) is 21.1. The van der Waals surface area contributed by atoms with Crippen molar-refractivity contribution in [3.63, 3.8) is 0 Å². The summed E-state index contributed by atoms with van der Waals surface area (Å²) in [5, 5.41) is 6.07. The predicted molar refractivity (Wildman–Crippen MR) is 114 cm³/mol. The summed E-state index contributed by atoms with van der Waals surface area (Å²) in [5.41, 5.74) is 7.29. The highest BCUT2D eigenvalue weighted by molar-refractivity contribution is 6.19. The lowest BCUT2D eigenvalue weighted by atomic mass is 10.1. The van der Waals surface area contributed by atoms with Crippen LogP contribution in [0.5, 0.6) is 5.75 Å². The van der Waals surface area contributed by atoms with Crippen LogP contribution in [0, 0.1) is 0 Å². The van der Waals surface area contributed by atoms with Crippen molar-refractivity contribution in [1.29, 1.82) is 0 Å². The van der Waals surface area contributed by atoms with Crippen molar-refractivity contribution >= 4 is 11.6 Å². The average Bonchev–Trinajstić information content (AvgIpc) is 2.73. The molecule has 0 saturated heterocycles. The van der Waals surface area contributed by atoms with Gasteiger partial charge >= 0.3 is 0 Å². The van der Waals surface area contributed by atoms with E-state index in [1.54, 1.807) is 7.11 Å². The van der Waals surface area contributed by atoms with Gasteiger partial charge in [-0.3, -0.25) is 14.5 Å². The van der Waals surface area contributed by atoms with Gasteiger partial charge in [-0.05, 0) is 32.0 Å². The average molecular weight is 401 g/mol. The van der Waals surface area contributed by atoms with E-state index in [0.29, 0.717) is 31.0 Å². The summed E-state index contributed by atoms with van der Waals surface area (Å²) < 4.78 is 5.42. The van der Waals surface area contributed by atoms with E-state index in [1.165, 1.54) is 12.2 Å². The van der Waals surface area contributed by atoms with Crippen LogP contribution in [-0.4, -0.2) is 56.3 Å². The monoisotopic (exact) mass is 400 g/mol. The molecule has 0 bridgehead atoms. The number of nitrogens with two attached hydrogens (primary N) is 1. The van der Waals surface area contributed by atoms with E-state index in [9.17, 15) is 9.59 Å². The summed E-state index contributed by atoms with van der Waals surface area (Å²) in [6.07, 6.45) is 4.34. The predicted octanol–water partition coefficient (Wildman–Crippen LogP) is 1.35. The number of hydrogen-bond donors (Lipinski definition) is 3. The van der Waals surface area contributed by atoms with E-state index in [2.05, 4.69) is 28.5 Å². The highest BCUT2D eigenvalue weighted by Gasteiger charge is 2.19. The van der Waals surface area contributed by atoms with Gasteiger partial charge in [-0.25, -0.2) is 0 Å². The van der Waals surface area contributed by atoms with Gasteiger partial charge in [-0.15, -0.1) is 0 Å². The van der Waals surface area contributed by atoms with E-state index in [1.807, 2.05) is 18.2 Å². The molecular weight excluding hydrogens is 368 g/mol. The summed E-state index contributed by atoms with van der Waals surface area (Å²) in [6.45, 7) is 6.46. The van der Waals surface area contributed by atoms with Crippen molar-refractivity contribution in [2.75, 3.05) is 39.8 Å². The number of hydrogen-bond acceptors (Lipinski definition) is 7. The minimum Gasteiger partial charge on any atom is -0.496 e. The molecule has 0 radical (unpaired) electrons. The van der Waals surface area contributed by atoms with Crippen molar-refractivity contribution in [2.45, 2.75) is 26.3 Å². The Kier molecular flexibility index (Phi) is 9.40. The first-order valence-electron chi connectivity index (χ1n) is 10.1. The van der Waals surface area contributed by atoms with Gasteiger partial charge < -0.3 is 21.1 Å². The van der Waals surface area contributed by atoms with Gasteiger partial charge in [0.2, 0.25) is 11.6 Å². The maximum Gasteiger partial charge on any atom is 0.203 e. The number of methoxy groups -OCH3 is 1. The van der Waals surface area contributed by atoms with Gasteiger partial charge in [0.25, 0.3) is 0 Å². The Morgan fingerprint density at radius 1 is 1.00 bits per heavy atom. The third-order valence-electron chi connectivity index (χ3n) is 4.78. The molecule has 2 rings (SSSR count). The van der Waals surface area contributed by atoms with Crippen LogP contribution < -0.4 is 21.1 Å². The molecule has 0 aliphatic heterocycles. The molecule has 29 heavy (non-hydrogen) atoms. The van der Waals surface area contributed by atoms with E-state index >= 15 is 0 Å². The van der Waals surface area contributed by atoms with Crippen LogP contribution in [-0.2, 0) is 16.1 Å². The number of ketones is 2. The maximum absolute atomic E-state index is 12.2. The first-order valence-corrected chi connectivity index (χ1v) is 10.1. The van der Waals surface area contributed by atoms with Gasteiger partial charge in [0, 0.05) is 43.9 Å². The fourth-order valence-electron chi connectivity index (χ4n) is 3.11. The molecule has 1 aliphatic carbocycles. The summed E-state index contributed by atoms with van der Waals surface area (Å²) >= 11 is 0. The van der Waals surface area contributed by atoms with Crippen LogP contribution in [0.2, 0.25) is 0 Å². The lowest BCUT2D eigenvalue weighted by molar-refractivity contribution is -0.115. The largest absolute Gasteiger partial charge is 0.496 e. The molecule has 0 atom stereocenters.